The van der Waals surface area contributed by atoms with Gasteiger partial charge in [-0.05, 0) is 39.0 Å². The SMILES string of the molecule is CC1CN(CC2(CC(=N)N)CC2)CC(C)(C)O1. The van der Waals surface area contributed by atoms with Crippen molar-refractivity contribution < 1.29 is 4.74 Å². The largest absolute Gasteiger partial charge is 0.388 e. The first-order valence-electron chi connectivity index (χ1n) is 6.53. The van der Waals surface area contributed by atoms with Gasteiger partial charge in [0.2, 0.25) is 0 Å². The molecule has 1 saturated heterocycles. The lowest BCUT2D eigenvalue weighted by Gasteiger charge is -2.43. The standard InChI is InChI=1S/C13H25N3O/c1-10-7-16(8-12(2,3)17-10)9-13(4-5-13)6-11(14)15/h10H,4-9H2,1-3H3,(H3,14,15). The minimum Gasteiger partial charge on any atom is -0.388 e. The molecule has 4 nitrogen and oxygen atoms in total. The Labute approximate surface area is 104 Å². The Morgan fingerprint density at radius 3 is 2.59 bits per heavy atom. The van der Waals surface area contributed by atoms with Crippen LogP contribution in [0.2, 0.25) is 0 Å². The molecule has 0 radical (unpaired) electrons. The summed E-state index contributed by atoms with van der Waals surface area (Å²) in [5.74, 6) is 0.336. The zero-order valence-electron chi connectivity index (χ0n) is 11.3. The van der Waals surface area contributed by atoms with Crippen molar-refractivity contribution in [1.29, 1.82) is 5.41 Å². The van der Waals surface area contributed by atoms with Crippen molar-refractivity contribution in [3.63, 3.8) is 0 Å². The summed E-state index contributed by atoms with van der Waals surface area (Å²) in [6.07, 6.45) is 3.50. The van der Waals surface area contributed by atoms with Gasteiger partial charge in [-0.15, -0.1) is 0 Å². The third-order valence-electron chi connectivity index (χ3n) is 3.72. The average molecular weight is 239 g/mol. The molecule has 4 heteroatoms. The van der Waals surface area contributed by atoms with Gasteiger partial charge in [0, 0.05) is 26.1 Å². The molecule has 1 heterocycles. The van der Waals surface area contributed by atoms with E-state index >= 15 is 0 Å². The number of amidine groups is 1. The molecule has 1 saturated carbocycles. The molecule has 98 valence electrons. The van der Waals surface area contributed by atoms with E-state index in [1.54, 1.807) is 0 Å². The van der Waals surface area contributed by atoms with Crippen LogP contribution in [0.1, 0.15) is 40.0 Å². The van der Waals surface area contributed by atoms with Crippen LogP contribution in [0.4, 0.5) is 0 Å². The van der Waals surface area contributed by atoms with E-state index in [2.05, 4.69) is 25.7 Å². The first-order chi connectivity index (χ1) is 7.80. The van der Waals surface area contributed by atoms with Gasteiger partial charge in [0.15, 0.2) is 0 Å². The maximum absolute atomic E-state index is 7.46. The Bertz CT molecular complexity index is 310. The molecule has 2 aliphatic rings. The van der Waals surface area contributed by atoms with Gasteiger partial charge in [0.05, 0.1) is 17.5 Å². The Hall–Kier alpha value is -0.610. The summed E-state index contributed by atoms with van der Waals surface area (Å²) >= 11 is 0. The van der Waals surface area contributed by atoms with Crippen LogP contribution < -0.4 is 5.73 Å². The second-order valence-electron chi connectivity index (χ2n) is 6.56. The maximum Gasteiger partial charge on any atom is 0.0911 e. The van der Waals surface area contributed by atoms with Crippen molar-refractivity contribution >= 4 is 5.84 Å². The Balaban J connectivity index is 1.92. The Morgan fingerprint density at radius 2 is 2.12 bits per heavy atom. The molecule has 0 aromatic carbocycles. The number of nitrogens with zero attached hydrogens (tertiary/aromatic N) is 1. The fourth-order valence-corrected chi connectivity index (χ4v) is 3.15. The molecule has 2 fully saturated rings. The van der Waals surface area contributed by atoms with E-state index < -0.39 is 0 Å². The maximum atomic E-state index is 7.46. The Morgan fingerprint density at radius 1 is 1.47 bits per heavy atom. The van der Waals surface area contributed by atoms with Gasteiger partial charge in [-0.2, -0.15) is 0 Å². The van der Waals surface area contributed by atoms with Crippen molar-refractivity contribution in [2.24, 2.45) is 11.1 Å². The van der Waals surface area contributed by atoms with Crippen LogP contribution in [0.3, 0.4) is 0 Å². The average Bonchev–Trinajstić information content (AvgIpc) is 2.78. The lowest BCUT2D eigenvalue weighted by molar-refractivity contribution is -0.131. The van der Waals surface area contributed by atoms with Crippen molar-refractivity contribution in [3.05, 3.63) is 0 Å². The summed E-state index contributed by atoms with van der Waals surface area (Å²) in [5, 5.41) is 7.46. The van der Waals surface area contributed by atoms with Gasteiger partial charge < -0.3 is 10.5 Å². The summed E-state index contributed by atoms with van der Waals surface area (Å²) < 4.78 is 5.91. The summed E-state index contributed by atoms with van der Waals surface area (Å²) in [6.45, 7) is 9.50. The second kappa shape index (κ2) is 4.25. The third kappa shape index (κ3) is 3.42. The summed E-state index contributed by atoms with van der Waals surface area (Å²) in [4.78, 5) is 2.49. The van der Waals surface area contributed by atoms with Crippen molar-refractivity contribution in [2.75, 3.05) is 19.6 Å². The molecule has 2 rings (SSSR count). The topological polar surface area (TPSA) is 62.3 Å². The monoisotopic (exact) mass is 239 g/mol. The molecule has 3 N–H and O–H groups in total. The van der Waals surface area contributed by atoms with E-state index in [9.17, 15) is 0 Å². The molecule has 0 amide bonds. The van der Waals surface area contributed by atoms with E-state index in [0.29, 0.717) is 17.4 Å². The van der Waals surface area contributed by atoms with Crippen LogP contribution in [0.5, 0.6) is 0 Å². The van der Waals surface area contributed by atoms with Crippen LogP contribution in [0.15, 0.2) is 0 Å². The number of hydrogen-bond donors (Lipinski definition) is 2. The third-order valence-corrected chi connectivity index (χ3v) is 3.72. The molecule has 17 heavy (non-hydrogen) atoms. The van der Waals surface area contributed by atoms with Gasteiger partial charge in [0.1, 0.15) is 0 Å². The summed E-state index contributed by atoms with van der Waals surface area (Å²) in [5.41, 5.74) is 5.80. The zero-order valence-corrected chi connectivity index (χ0v) is 11.3. The van der Waals surface area contributed by atoms with E-state index in [-0.39, 0.29) is 5.60 Å². The van der Waals surface area contributed by atoms with Crippen LogP contribution in [-0.4, -0.2) is 42.1 Å². The molecule has 1 aliphatic heterocycles. The number of ether oxygens (including phenoxy) is 1. The van der Waals surface area contributed by atoms with Crippen molar-refractivity contribution in [1.82, 2.24) is 4.90 Å². The molecule has 0 aromatic heterocycles. The van der Waals surface area contributed by atoms with Gasteiger partial charge in [-0.1, -0.05) is 0 Å². The fourth-order valence-electron chi connectivity index (χ4n) is 3.15. The molecule has 0 spiro atoms. The zero-order chi connectivity index (χ0) is 12.7. The van der Waals surface area contributed by atoms with E-state index in [0.717, 1.165) is 26.1 Å². The van der Waals surface area contributed by atoms with Crippen LogP contribution >= 0.6 is 0 Å². The van der Waals surface area contributed by atoms with Gasteiger partial charge in [0.25, 0.3) is 0 Å². The highest BCUT2D eigenvalue weighted by Crippen LogP contribution is 2.49. The molecular formula is C13H25N3O. The number of nitrogens with one attached hydrogen (secondary N) is 1. The van der Waals surface area contributed by atoms with E-state index in [1.165, 1.54) is 12.8 Å². The summed E-state index contributed by atoms with van der Waals surface area (Å²) in [6, 6.07) is 0. The predicted octanol–water partition coefficient (Wildman–Crippen LogP) is 1.59. The number of morpholine rings is 1. The van der Waals surface area contributed by atoms with Gasteiger partial charge in [-0.3, -0.25) is 10.3 Å². The quantitative estimate of drug-likeness (QED) is 0.578. The number of hydrogen-bond acceptors (Lipinski definition) is 3. The Kier molecular flexibility index (Phi) is 3.21. The predicted molar refractivity (Wildman–Crippen MR) is 69.3 cm³/mol. The van der Waals surface area contributed by atoms with E-state index in [1.807, 2.05) is 0 Å². The highest BCUT2D eigenvalue weighted by atomic mass is 16.5. The van der Waals surface area contributed by atoms with Gasteiger partial charge in [-0.25, -0.2) is 0 Å². The molecule has 1 unspecified atom stereocenters. The second-order valence-corrected chi connectivity index (χ2v) is 6.56. The van der Waals surface area contributed by atoms with Crippen molar-refractivity contribution in [2.45, 2.75) is 51.7 Å². The smallest absolute Gasteiger partial charge is 0.0911 e. The molecule has 1 aliphatic carbocycles. The highest BCUT2D eigenvalue weighted by molar-refractivity contribution is 5.78. The molecular weight excluding hydrogens is 214 g/mol. The fraction of sp³-hybridized carbons (Fsp3) is 0.923. The first kappa shape index (κ1) is 12.8. The number of nitrogens with two attached hydrogens (primary N) is 1. The van der Waals surface area contributed by atoms with Crippen LogP contribution in [-0.2, 0) is 4.74 Å². The molecule has 0 aromatic rings. The van der Waals surface area contributed by atoms with Crippen LogP contribution in [0.25, 0.3) is 0 Å². The minimum atomic E-state index is -0.0516. The lowest BCUT2D eigenvalue weighted by Crippen LogP contribution is -2.53. The first-order valence-corrected chi connectivity index (χ1v) is 6.53. The van der Waals surface area contributed by atoms with Gasteiger partial charge >= 0.3 is 0 Å². The number of rotatable bonds is 4. The van der Waals surface area contributed by atoms with Crippen LogP contribution in [0, 0.1) is 10.8 Å². The molecule has 1 atom stereocenters. The normalized spacial score (nSPS) is 31.1. The minimum absolute atomic E-state index is 0.0516. The lowest BCUT2D eigenvalue weighted by atomic mass is 9.98. The summed E-state index contributed by atoms with van der Waals surface area (Å²) in [7, 11) is 0. The molecule has 0 bridgehead atoms. The van der Waals surface area contributed by atoms with Crippen molar-refractivity contribution in [3.8, 4) is 0 Å². The van der Waals surface area contributed by atoms with E-state index in [4.69, 9.17) is 15.9 Å². The highest BCUT2D eigenvalue weighted by Gasteiger charge is 2.45.